The molecule has 14 bridgehead atoms. The maximum Gasteiger partial charge on any atom is 0.407 e. The Hall–Kier alpha value is -6.27. The van der Waals surface area contributed by atoms with E-state index in [1.54, 1.807) is 20.8 Å². The van der Waals surface area contributed by atoms with Gasteiger partial charge in [-0.3, -0.25) is 4.79 Å². The number of hydrogen-bond donors (Lipinski definition) is 2. The summed E-state index contributed by atoms with van der Waals surface area (Å²) in [6.07, 6.45) is 6.19. The van der Waals surface area contributed by atoms with E-state index in [9.17, 15) is 9.59 Å². The number of carbonyl (C=O) groups excluding carboxylic acids is 2. The summed E-state index contributed by atoms with van der Waals surface area (Å²) in [4.78, 5) is 57.4. The van der Waals surface area contributed by atoms with Crippen LogP contribution in [-0.4, -0.2) is 86.2 Å². The number of amides is 2. The second kappa shape index (κ2) is 12.0. The zero-order valence-electron chi connectivity index (χ0n) is 27.0. The molecule has 5 aromatic heterocycles. The van der Waals surface area contributed by atoms with Crippen molar-refractivity contribution in [2.24, 2.45) is 15.9 Å². The number of nitrogens with one attached hydrogen (secondary N) is 2. The first-order valence-electron chi connectivity index (χ1n) is 15.5. The number of aliphatic imine (C=N–C) groups is 2. The minimum Gasteiger partial charge on any atom is -0.477 e. The zero-order chi connectivity index (χ0) is 34.6. The van der Waals surface area contributed by atoms with Crippen LogP contribution in [0.15, 0.2) is 63.4 Å². The molecule has 50 heavy (non-hydrogen) atoms. The van der Waals surface area contributed by atoms with E-state index in [0.29, 0.717) is 17.1 Å². The van der Waals surface area contributed by atoms with Crippen LogP contribution in [0.3, 0.4) is 0 Å². The van der Waals surface area contributed by atoms with Gasteiger partial charge in [0.1, 0.15) is 56.2 Å². The molecule has 0 aromatic carbocycles. The van der Waals surface area contributed by atoms with Crippen molar-refractivity contribution in [3.05, 3.63) is 42.9 Å². The number of fused-ring (bicyclic) bond motifs is 18. The number of carbonyl (C=O) groups is 2. The number of ether oxygens (including phenoxy) is 3. The molecule has 5 aromatic rings. The number of alkyl carbamates (subject to hydrolysis) is 1. The molecule has 0 aliphatic carbocycles. The van der Waals surface area contributed by atoms with Crippen molar-refractivity contribution in [2.45, 2.75) is 51.4 Å². The Morgan fingerprint density at radius 3 is 1.96 bits per heavy atom. The van der Waals surface area contributed by atoms with Crippen LogP contribution in [-0.2, 0) is 19.0 Å². The Bertz CT molecular complexity index is 2130. The van der Waals surface area contributed by atoms with Gasteiger partial charge in [0.25, 0.3) is 0 Å². The first kappa shape index (κ1) is 31.0. The molecular formula is C31H29N9O10. The molecular weight excluding hydrogens is 658 g/mol. The Labute approximate surface area is 281 Å². The van der Waals surface area contributed by atoms with Gasteiger partial charge in [-0.25, -0.2) is 39.7 Å². The molecule has 3 aliphatic rings. The van der Waals surface area contributed by atoms with Crippen molar-refractivity contribution >= 4 is 23.8 Å². The lowest BCUT2D eigenvalue weighted by atomic mass is 10.0. The smallest absolute Gasteiger partial charge is 0.407 e. The van der Waals surface area contributed by atoms with Gasteiger partial charge in [-0.05, 0) is 20.8 Å². The Balaban J connectivity index is 1.13. The lowest BCUT2D eigenvalue weighted by Gasteiger charge is -2.26. The van der Waals surface area contributed by atoms with E-state index in [1.807, 2.05) is 6.92 Å². The summed E-state index contributed by atoms with van der Waals surface area (Å²) in [6, 6.07) is -2.37. The predicted octanol–water partition coefficient (Wildman–Crippen LogP) is 3.57. The van der Waals surface area contributed by atoms with Crippen LogP contribution in [0.25, 0.3) is 46.3 Å². The van der Waals surface area contributed by atoms with Crippen LogP contribution in [0.5, 0.6) is 0 Å². The summed E-state index contributed by atoms with van der Waals surface area (Å²) >= 11 is 0. The minimum absolute atomic E-state index is 0.0549. The van der Waals surface area contributed by atoms with Gasteiger partial charge in [-0.15, -0.1) is 0 Å². The highest BCUT2D eigenvalue weighted by molar-refractivity contribution is 5.98. The van der Waals surface area contributed by atoms with Gasteiger partial charge in [-0.2, -0.15) is 0 Å². The van der Waals surface area contributed by atoms with Gasteiger partial charge in [0, 0.05) is 12.5 Å². The van der Waals surface area contributed by atoms with Crippen molar-refractivity contribution in [1.82, 2.24) is 35.6 Å². The Morgan fingerprint density at radius 1 is 0.800 bits per heavy atom. The van der Waals surface area contributed by atoms with E-state index >= 15 is 0 Å². The van der Waals surface area contributed by atoms with E-state index < -0.39 is 41.6 Å². The van der Waals surface area contributed by atoms with Crippen molar-refractivity contribution in [1.29, 1.82) is 0 Å². The molecule has 19 heteroatoms. The third-order valence-corrected chi connectivity index (χ3v) is 7.65. The first-order valence-corrected chi connectivity index (χ1v) is 15.5. The highest BCUT2D eigenvalue weighted by Crippen LogP contribution is 2.31. The molecule has 19 nitrogen and oxygen atoms in total. The molecule has 8 heterocycles. The maximum absolute atomic E-state index is 13.6. The molecule has 0 saturated carbocycles. The molecule has 4 unspecified atom stereocenters. The molecule has 0 saturated heterocycles. The van der Waals surface area contributed by atoms with Crippen LogP contribution in [0.4, 0.5) is 4.79 Å². The fourth-order valence-corrected chi connectivity index (χ4v) is 5.21. The highest BCUT2D eigenvalue weighted by Gasteiger charge is 2.37. The van der Waals surface area contributed by atoms with Gasteiger partial charge < -0.3 is 46.9 Å². The molecule has 258 valence electrons. The maximum atomic E-state index is 13.6. The summed E-state index contributed by atoms with van der Waals surface area (Å²) in [5.41, 5.74) is 0.722. The average molecular weight is 688 g/mol. The molecule has 2 amide bonds. The van der Waals surface area contributed by atoms with Crippen LogP contribution >= 0.6 is 0 Å². The Kier molecular flexibility index (Phi) is 7.45. The summed E-state index contributed by atoms with van der Waals surface area (Å²) in [7, 11) is 0. The standard InChI is InChI=1S/C31H29N9O10/c1-13(5-32-30(42)50-31(2,3)4)21-29-39-20(12-49-29)28-38-19(11-48-28)27-37-18(10-47-27)26-36-17(9-46-26)25-35-16(8-45-25)24-34-15(7-44-24)23-33-14(6-43-23)22(41)40-21/h7-11,13-14,20-21H,5-6,12H2,1-4H3,(H,32,42)(H,40,41). The molecule has 0 radical (unpaired) electrons. The lowest BCUT2D eigenvalue weighted by Crippen LogP contribution is -2.51. The zero-order valence-corrected chi connectivity index (χ0v) is 27.0. The van der Waals surface area contributed by atoms with Gasteiger partial charge in [0.05, 0.1) is 0 Å². The van der Waals surface area contributed by atoms with Crippen molar-refractivity contribution in [3.8, 4) is 46.3 Å². The third-order valence-electron chi connectivity index (χ3n) is 7.65. The number of nitrogens with zero attached hydrogens (tertiary/aromatic N) is 7. The SMILES string of the molecule is CC(CNC(=O)OC(C)(C)C)C1NC(=O)C2COC(=N2)c2coc(n2)-c2coc(n2)-c2coc(n2)-c2coc(n2)-c2coc(n2)C2COC1=N2. The molecule has 8 rings (SSSR count). The van der Waals surface area contributed by atoms with Crippen LogP contribution < -0.4 is 10.6 Å². The average Bonchev–Trinajstić information content (AvgIpc) is 3.92. The number of oxazole rings is 5. The van der Waals surface area contributed by atoms with Crippen LogP contribution in [0.1, 0.15) is 45.3 Å². The summed E-state index contributed by atoms with van der Waals surface area (Å²) < 4.78 is 45.3. The van der Waals surface area contributed by atoms with E-state index in [1.165, 1.54) is 31.3 Å². The van der Waals surface area contributed by atoms with Gasteiger partial charge in [0.15, 0.2) is 40.6 Å². The second-order valence-corrected chi connectivity index (χ2v) is 12.6. The predicted molar refractivity (Wildman–Crippen MR) is 166 cm³/mol. The summed E-state index contributed by atoms with van der Waals surface area (Å²) in [5, 5.41) is 5.71. The van der Waals surface area contributed by atoms with E-state index in [0.717, 1.165) is 0 Å². The fraction of sp³-hybridized carbons (Fsp3) is 0.387. The number of aromatic nitrogens is 5. The largest absolute Gasteiger partial charge is 0.477 e. The molecule has 3 aliphatic heterocycles. The molecule has 0 spiro atoms. The van der Waals surface area contributed by atoms with Crippen LogP contribution in [0, 0.1) is 5.92 Å². The summed E-state index contributed by atoms with van der Waals surface area (Å²) in [6.45, 7) is 7.26. The van der Waals surface area contributed by atoms with Crippen LogP contribution in [0.2, 0.25) is 0 Å². The monoisotopic (exact) mass is 687 g/mol. The van der Waals surface area contributed by atoms with E-state index in [2.05, 4.69) is 40.5 Å². The number of hydrogen-bond acceptors (Lipinski definition) is 17. The van der Waals surface area contributed by atoms with Crippen molar-refractivity contribution in [2.75, 3.05) is 19.8 Å². The lowest BCUT2D eigenvalue weighted by molar-refractivity contribution is -0.123. The Morgan fingerprint density at radius 2 is 1.34 bits per heavy atom. The molecule has 2 N–H and O–H groups in total. The van der Waals surface area contributed by atoms with Crippen molar-refractivity contribution < 1.29 is 45.9 Å². The highest BCUT2D eigenvalue weighted by atomic mass is 16.6. The fourth-order valence-electron chi connectivity index (χ4n) is 5.21. The minimum atomic E-state index is -0.929. The molecule has 4 atom stereocenters. The van der Waals surface area contributed by atoms with Crippen molar-refractivity contribution in [3.63, 3.8) is 0 Å². The normalized spacial score (nSPS) is 20.5. The van der Waals surface area contributed by atoms with Gasteiger partial charge in [-0.1, -0.05) is 6.92 Å². The summed E-state index contributed by atoms with van der Waals surface area (Å²) in [5.74, 6) is 0.241. The van der Waals surface area contributed by atoms with E-state index in [-0.39, 0.29) is 72.4 Å². The van der Waals surface area contributed by atoms with Gasteiger partial charge in [0.2, 0.25) is 47.2 Å². The quantitative estimate of drug-likeness (QED) is 0.275. The third kappa shape index (κ3) is 6.08. The topological polar surface area (TPSA) is 241 Å². The second-order valence-electron chi connectivity index (χ2n) is 12.6. The number of rotatable bonds is 3. The first-order chi connectivity index (χ1) is 24.1. The van der Waals surface area contributed by atoms with Gasteiger partial charge >= 0.3 is 6.09 Å². The van der Waals surface area contributed by atoms with E-state index in [4.69, 9.17) is 41.3 Å². The molecule has 0 fully saturated rings.